The van der Waals surface area contributed by atoms with Crippen LogP contribution in [-0.2, 0) is 0 Å². The number of amides is 1. The van der Waals surface area contributed by atoms with Crippen molar-refractivity contribution < 1.29 is 4.79 Å². The van der Waals surface area contributed by atoms with Crippen LogP contribution in [0.1, 0.15) is 36.8 Å². The number of nitrogens with one attached hydrogen (secondary N) is 2. The predicted octanol–water partition coefficient (Wildman–Crippen LogP) is 1.89. The van der Waals surface area contributed by atoms with E-state index in [0.29, 0.717) is 12.1 Å². The summed E-state index contributed by atoms with van der Waals surface area (Å²) in [6.45, 7) is 9.46. The van der Waals surface area contributed by atoms with Gasteiger partial charge in [0.05, 0.1) is 0 Å². The highest BCUT2D eigenvalue weighted by molar-refractivity contribution is 5.95. The van der Waals surface area contributed by atoms with Gasteiger partial charge < -0.3 is 15.5 Å². The minimum atomic E-state index is -0.0811. The van der Waals surface area contributed by atoms with Gasteiger partial charge in [0.25, 0.3) is 5.91 Å². The molecule has 0 aliphatic heterocycles. The Morgan fingerprint density at radius 1 is 1.35 bits per heavy atom. The number of rotatable bonds is 6. The maximum atomic E-state index is 12.2. The molecule has 0 bridgehead atoms. The molecule has 1 amide bonds. The van der Waals surface area contributed by atoms with E-state index in [0.717, 1.165) is 18.1 Å². The van der Waals surface area contributed by atoms with Crippen LogP contribution in [0.3, 0.4) is 0 Å². The number of aromatic nitrogens is 1. The molecule has 1 aromatic rings. The number of hydrogen-bond donors (Lipinski definition) is 2. The molecule has 0 spiro atoms. The fourth-order valence-corrected chi connectivity index (χ4v) is 1.63. The molecule has 0 aliphatic rings. The first-order valence-electron chi connectivity index (χ1n) is 6.94. The normalized spacial score (nSPS) is 11.6. The Balaban J connectivity index is 2.77. The van der Waals surface area contributed by atoms with Crippen molar-refractivity contribution in [2.45, 2.75) is 33.2 Å². The van der Waals surface area contributed by atoms with Crippen LogP contribution in [-0.4, -0.2) is 48.5 Å². The fraction of sp³-hybridized carbons (Fsp3) is 0.600. The van der Waals surface area contributed by atoms with E-state index in [1.165, 1.54) is 0 Å². The summed E-state index contributed by atoms with van der Waals surface area (Å²) in [5.41, 5.74) is 1.39. The van der Waals surface area contributed by atoms with Gasteiger partial charge in [-0.2, -0.15) is 0 Å². The molecule has 5 heteroatoms. The molecular weight excluding hydrogens is 252 g/mol. The van der Waals surface area contributed by atoms with Crippen molar-refractivity contribution in [1.82, 2.24) is 15.2 Å². The molecule has 20 heavy (non-hydrogen) atoms. The minimum absolute atomic E-state index is 0.0652. The summed E-state index contributed by atoms with van der Waals surface area (Å²) in [6, 6.07) is 3.59. The number of carbonyl (C=O) groups is 1. The van der Waals surface area contributed by atoms with Crippen molar-refractivity contribution in [3.05, 3.63) is 23.4 Å². The maximum absolute atomic E-state index is 12.2. The third-order valence-electron chi connectivity index (χ3n) is 3.47. The first kappa shape index (κ1) is 16.4. The van der Waals surface area contributed by atoms with E-state index in [1.54, 1.807) is 12.1 Å². The zero-order chi connectivity index (χ0) is 15.3. The van der Waals surface area contributed by atoms with Crippen LogP contribution in [0.15, 0.2) is 12.1 Å². The lowest BCUT2D eigenvalue weighted by Crippen LogP contribution is -2.48. The number of nitrogens with zero attached hydrogens (tertiary/aromatic N) is 2. The Morgan fingerprint density at radius 3 is 2.55 bits per heavy atom. The van der Waals surface area contributed by atoms with Gasteiger partial charge in [-0.1, -0.05) is 0 Å². The Hall–Kier alpha value is -1.62. The summed E-state index contributed by atoms with van der Waals surface area (Å²) in [7, 11) is 4.01. The molecule has 112 valence electrons. The highest BCUT2D eigenvalue weighted by Gasteiger charge is 2.21. The maximum Gasteiger partial charge on any atom is 0.251 e. The minimum Gasteiger partial charge on any atom is -0.370 e. The van der Waals surface area contributed by atoms with E-state index in [9.17, 15) is 4.79 Å². The van der Waals surface area contributed by atoms with Crippen LogP contribution in [0.5, 0.6) is 0 Å². The Bertz CT molecular complexity index is 469. The molecule has 0 unspecified atom stereocenters. The molecule has 2 N–H and O–H groups in total. The summed E-state index contributed by atoms with van der Waals surface area (Å²) in [5.74, 6) is 0.675. The topological polar surface area (TPSA) is 57.3 Å². The SMILES string of the molecule is CCNc1cc(C(=O)NCC(C)(C)N(C)C)cc(C)n1. The van der Waals surface area contributed by atoms with Gasteiger partial charge in [0, 0.05) is 29.9 Å². The van der Waals surface area contributed by atoms with E-state index in [-0.39, 0.29) is 11.4 Å². The highest BCUT2D eigenvalue weighted by atomic mass is 16.1. The van der Waals surface area contributed by atoms with E-state index < -0.39 is 0 Å². The van der Waals surface area contributed by atoms with Crippen molar-refractivity contribution in [3.8, 4) is 0 Å². The van der Waals surface area contributed by atoms with Crippen molar-refractivity contribution in [3.63, 3.8) is 0 Å². The lowest BCUT2D eigenvalue weighted by atomic mass is 10.0. The molecule has 0 aliphatic carbocycles. The number of carbonyl (C=O) groups excluding carboxylic acids is 1. The van der Waals surface area contributed by atoms with Crippen molar-refractivity contribution in [2.75, 3.05) is 32.5 Å². The molecule has 1 heterocycles. The zero-order valence-corrected chi connectivity index (χ0v) is 13.4. The van der Waals surface area contributed by atoms with Gasteiger partial charge in [-0.25, -0.2) is 4.98 Å². The highest BCUT2D eigenvalue weighted by Crippen LogP contribution is 2.12. The van der Waals surface area contributed by atoms with Gasteiger partial charge >= 0.3 is 0 Å². The van der Waals surface area contributed by atoms with Crippen LogP contribution in [0.2, 0.25) is 0 Å². The van der Waals surface area contributed by atoms with Gasteiger partial charge in [0.2, 0.25) is 0 Å². The lowest BCUT2D eigenvalue weighted by molar-refractivity contribution is 0.0919. The van der Waals surface area contributed by atoms with Crippen LogP contribution in [0, 0.1) is 6.92 Å². The van der Waals surface area contributed by atoms with E-state index >= 15 is 0 Å². The summed E-state index contributed by atoms with van der Waals surface area (Å²) in [4.78, 5) is 18.7. The molecule has 0 atom stereocenters. The molecule has 0 fully saturated rings. The van der Waals surface area contributed by atoms with Gasteiger partial charge in [-0.3, -0.25) is 4.79 Å². The van der Waals surface area contributed by atoms with Gasteiger partial charge in [-0.15, -0.1) is 0 Å². The van der Waals surface area contributed by atoms with Crippen LogP contribution in [0.4, 0.5) is 5.82 Å². The number of anilines is 1. The Morgan fingerprint density at radius 2 is 2.00 bits per heavy atom. The largest absolute Gasteiger partial charge is 0.370 e. The number of pyridine rings is 1. The van der Waals surface area contributed by atoms with Crippen molar-refractivity contribution in [1.29, 1.82) is 0 Å². The number of hydrogen-bond acceptors (Lipinski definition) is 4. The molecule has 1 aromatic heterocycles. The average Bonchev–Trinajstić information content (AvgIpc) is 2.35. The first-order valence-corrected chi connectivity index (χ1v) is 6.94. The van der Waals surface area contributed by atoms with Crippen molar-refractivity contribution in [2.24, 2.45) is 0 Å². The monoisotopic (exact) mass is 278 g/mol. The average molecular weight is 278 g/mol. The van der Waals surface area contributed by atoms with Gasteiger partial charge in [0.1, 0.15) is 5.82 Å². The van der Waals surface area contributed by atoms with Crippen molar-refractivity contribution >= 4 is 11.7 Å². The third kappa shape index (κ3) is 4.49. The summed E-state index contributed by atoms with van der Waals surface area (Å²) in [6.07, 6.45) is 0. The van der Waals surface area contributed by atoms with Gasteiger partial charge in [0.15, 0.2) is 0 Å². The van der Waals surface area contributed by atoms with Gasteiger partial charge in [-0.05, 0) is 53.9 Å². The molecule has 0 radical (unpaired) electrons. The molecule has 0 aromatic carbocycles. The van der Waals surface area contributed by atoms with E-state index in [2.05, 4.69) is 34.4 Å². The number of aryl methyl sites for hydroxylation is 1. The summed E-state index contributed by atoms with van der Waals surface area (Å²) in [5, 5.41) is 6.12. The second-order valence-electron chi connectivity index (χ2n) is 5.80. The summed E-state index contributed by atoms with van der Waals surface area (Å²) >= 11 is 0. The Labute approximate surface area is 121 Å². The molecule has 5 nitrogen and oxygen atoms in total. The van der Waals surface area contributed by atoms with E-state index in [1.807, 2.05) is 27.9 Å². The standard InChI is InChI=1S/C15H26N4O/c1-7-16-13-9-12(8-11(2)18-13)14(20)17-10-15(3,4)19(5)6/h8-9H,7,10H2,1-6H3,(H,16,18)(H,17,20). The molecule has 0 saturated heterocycles. The second kappa shape index (κ2) is 6.70. The fourth-order valence-electron chi connectivity index (χ4n) is 1.63. The predicted molar refractivity (Wildman–Crippen MR) is 83.2 cm³/mol. The summed E-state index contributed by atoms with van der Waals surface area (Å²) < 4.78 is 0. The lowest BCUT2D eigenvalue weighted by Gasteiger charge is -2.32. The molecule has 0 saturated carbocycles. The molecular formula is C15H26N4O. The van der Waals surface area contributed by atoms with E-state index in [4.69, 9.17) is 0 Å². The third-order valence-corrected chi connectivity index (χ3v) is 3.47. The zero-order valence-electron chi connectivity index (χ0n) is 13.4. The quantitative estimate of drug-likeness (QED) is 0.834. The van der Waals surface area contributed by atoms with Crippen LogP contribution >= 0.6 is 0 Å². The molecule has 1 rings (SSSR count). The number of likely N-dealkylation sites (N-methyl/N-ethyl adjacent to an activating group) is 1. The first-order chi connectivity index (χ1) is 9.26. The Kier molecular flexibility index (Phi) is 5.51. The van der Waals surface area contributed by atoms with Crippen LogP contribution in [0.25, 0.3) is 0 Å². The van der Waals surface area contributed by atoms with Crippen LogP contribution < -0.4 is 10.6 Å². The second-order valence-corrected chi connectivity index (χ2v) is 5.80. The smallest absolute Gasteiger partial charge is 0.251 e.